The second-order valence-corrected chi connectivity index (χ2v) is 8.53. The van der Waals surface area contributed by atoms with Crippen molar-refractivity contribution in [3.63, 3.8) is 0 Å². The topological polar surface area (TPSA) is 154 Å². The first kappa shape index (κ1) is 24.3. The van der Waals surface area contributed by atoms with E-state index in [2.05, 4.69) is 16.0 Å². The number of hydrogen-bond acceptors (Lipinski definition) is 7. The molecule has 2 aromatic heterocycles. The first-order chi connectivity index (χ1) is 16.6. The first-order valence-electron chi connectivity index (χ1n) is 9.82. The van der Waals surface area contributed by atoms with Gasteiger partial charge in [0.2, 0.25) is 0 Å². The van der Waals surface area contributed by atoms with E-state index in [1.165, 1.54) is 24.3 Å². The van der Waals surface area contributed by atoms with Crippen LogP contribution in [0.3, 0.4) is 0 Å². The van der Waals surface area contributed by atoms with Crippen molar-refractivity contribution in [2.24, 2.45) is 0 Å². The molecule has 0 bridgehead atoms. The van der Waals surface area contributed by atoms with Crippen molar-refractivity contribution in [2.75, 3.05) is 5.84 Å². The molecule has 2 amide bonds. The Kier molecular flexibility index (Phi) is 6.83. The Morgan fingerprint density at radius 2 is 1.77 bits per heavy atom. The van der Waals surface area contributed by atoms with E-state index in [0.717, 1.165) is 9.36 Å². The molecule has 14 heteroatoms. The monoisotopic (exact) mass is 536 g/mol. The Morgan fingerprint density at radius 3 is 2.51 bits per heavy atom. The largest absolute Gasteiger partial charge is 0.422 e. The Balaban J connectivity index is 1.43. The van der Waals surface area contributed by atoms with Crippen molar-refractivity contribution < 1.29 is 14.0 Å². The molecule has 180 valence electrons. The Morgan fingerprint density at radius 1 is 1.00 bits per heavy atom. The number of hydrogen-bond donors (Lipinski definition) is 3. The molecule has 0 spiro atoms. The number of fused-ring (bicyclic) bond motifs is 1. The van der Waals surface area contributed by atoms with Crippen LogP contribution in [0.4, 0.5) is 0 Å². The molecule has 0 aliphatic rings. The quantitative estimate of drug-likeness (QED) is 0.199. The van der Waals surface area contributed by atoms with Crippen LogP contribution in [0, 0.1) is 0 Å². The highest BCUT2D eigenvalue weighted by molar-refractivity contribution is 6.42. The average Bonchev–Trinajstić information content (AvgIpc) is 3.07. The van der Waals surface area contributed by atoms with Crippen molar-refractivity contribution in [1.29, 1.82) is 0 Å². The lowest BCUT2D eigenvalue weighted by Crippen LogP contribution is -2.45. The fraction of sp³-hybridized carbons (Fsp3) is 0.0952. The highest BCUT2D eigenvalue weighted by atomic mass is 35.5. The van der Waals surface area contributed by atoms with E-state index in [-0.39, 0.29) is 23.4 Å². The molecule has 0 radical (unpaired) electrons. The zero-order valence-corrected chi connectivity index (χ0v) is 19.8. The van der Waals surface area contributed by atoms with Gasteiger partial charge in [0.25, 0.3) is 11.8 Å². The number of benzene rings is 2. The number of carbonyl (C=O) groups excluding carboxylic acids is 2. The summed E-state index contributed by atoms with van der Waals surface area (Å²) in [7, 11) is 0. The van der Waals surface area contributed by atoms with E-state index in [4.69, 9.17) is 45.1 Å². The average molecular weight is 538 g/mol. The number of aromatic nitrogens is 3. The molecular weight excluding hydrogens is 523 g/mol. The van der Waals surface area contributed by atoms with Gasteiger partial charge in [-0.05, 0) is 42.0 Å². The summed E-state index contributed by atoms with van der Waals surface area (Å²) in [6.07, 6.45) is 0.149. The zero-order valence-electron chi connectivity index (χ0n) is 17.5. The Labute approximate surface area is 210 Å². The maximum Gasteiger partial charge on any atom is 0.365 e. The third-order valence-electron chi connectivity index (χ3n) is 4.84. The molecule has 4 N–H and O–H groups in total. The summed E-state index contributed by atoms with van der Waals surface area (Å²) in [6.45, 7) is -0.556. The lowest BCUT2D eigenvalue weighted by atomic mass is 10.1. The van der Waals surface area contributed by atoms with Crippen LogP contribution >= 0.6 is 34.8 Å². The highest BCUT2D eigenvalue weighted by Gasteiger charge is 2.17. The number of rotatable bonds is 5. The predicted octanol–water partition coefficient (Wildman–Crippen LogP) is 1.88. The van der Waals surface area contributed by atoms with Gasteiger partial charge in [-0.15, -0.1) is 0 Å². The molecule has 11 nitrogen and oxygen atoms in total. The van der Waals surface area contributed by atoms with E-state index in [9.17, 15) is 19.2 Å². The summed E-state index contributed by atoms with van der Waals surface area (Å²) in [4.78, 5) is 49.1. The van der Waals surface area contributed by atoms with E-state index >= 15 is 0 Å². The van der Waals surface area contributed by atoms with Crippen LogP contribution in [0.15, 0.2) is 56.5 Å². The van der Waals surface area contributed by atoms with Gasteiger partial charge in [0.1, 0.15) is 17.7 Å². The maximum absolute atomic E-state index is 12.4. The van der Waals surface area contributed by atoms with Gasteiger partial charge in [-0.1, -0.05) is 40.9 Å². The molecule has 0 saturated carbocycles. The van der Waals surface area contributed by atoms with E-state index < -0.39 is 29.7 Å². The van der Waals surface area contributed by atoms with Crippen LogP contribution in [-0.4, -0.2) is 26.3 Å². The summed E-state index contributed by atoms with van der Waals surface area (Å²) >= 11 is 17.8. The van der Waals surface area contributed by atoms with Crippen LogP contribution in [-0.2, 0) is 17.8 Å². The molecule has 0 fully saturated rings. The van der Waals surface area contributed by atoms with Crippen LogP contribution in [0.25, 0.3) is 11.0 Å². The van der Waals surface area contributed by atoms with Gasteiger partial charge in [0.05, 0.1) is 10.0 Å². The fourth-order valence-electron chi connectivity index (χ4n) is 3.14. The summed E-state index contributed by atoms with van der Waals surface area (Å²) in [5, 5.41) is 5.55. The molecule has 2 heterocycles. The minimum absolute atomic E-state index is 0.149. The minimum Gasteiger partial charge on any atom is -0.422 e. The number of nitrogens with zero attached hydrogens (tertiary/aromatic N) is 3. The maximum atomic E-state index is 12.4. The lowest BCUT2D eigenvalue weighted by molar-refractivity contribution is -0.122. The standard InChI is InChI=1S/C21H15Cl3N6O5/c22-12-2-4-16-11(7-12)8-13(20(33)35-16)19(32)27-26-18(31)9-29-21(34)30(25)17(28-29)6-10-1-3-14(23)15(24)5-10/h1-5,7-8H,6,9,25H2,(H,26,31)(H,27,32). The van der Waals surface area contributed by atoms with Gasteiger partial charge < -0.3 is 10.3 Å². The summed E-state index contributed by atoms with van der Waals surface area (Å²) in [5.74, 6) is 4.21. The Bertz CT molecular complexity index is 1590. The first-order valence-corrected chi connectivity index (χ1v) is 11.0. The Hall–Kier alpha value is -3.80. The second-order valence-electron chi connectivity index (χ2n) is 7.28. The van der Waals surface area contributed by atoms with Crippen molar-refractivity contribution in [2.45, 2.75) is 13.0 Å². The minimum atomic E-state index is -0.925. The summed E-state index contributed by atoms with van der Waals surface area (Å²) < 4.78 is 6.70. The number of carbonyl (C=O) groups is 2. The van der Waals surface area contributed by atoms with E-state index in [0.29, 0.717) is 26.0 Å². The van der Waals surface area contributed by atoms with Gasteiger partial charge in [0, 0.05) is 16.8 Å². The number of hydrazine groups is 1. The van der Waals surface area contributed by atoms with Crippen molar-refractivity contribution in [3.8, 4) is 0 Å². The smallest absolute Gasteiger partial charge is 0.365 e. The number of nitrogens with two attached hydrogens (primary N) is 1. The molecule has 0 atom stereocenters. The number of nitrogen functional groups attached to an aromatic ring is 1. The molecule has 0 aliphatic carbocycles. The van der Waals surface area contributed by atoms with Gasteiger partial charge in [0.15, 0.2) is 5.82 Å². The number of halogens is 3. The predicted molar refractivity (Wildman–Crippen MR) is 129 cm³/mol. The highest BCUT2D eigenvalue weighted by Crippen LogP contribution is 2.23. The van der Waals surface area contributed by atoms with Crippen molar-refractivity contribution in [3.05, 3.63) is 95.4 Å². The molecule has 35 heavy (non-hydrogen) atoms. The van der Waals surface area contributed by atoms with Crippen LogP contribution in [0.1, 0.15) is 21.7 Å². The molecule has 4 rings (SSSR count). The van der Waals surface area contributed by atoms with Crippen LogP contribution < -0.4 is 28.0 Å². The summed E-state index contributed by atoms with van der Waals surface area (Å²) in [6, 6.07) is 10.7. The van der Waals surface area contributed by atoms with Crippen LogP contribution in [0.2, 0.25) is 15.1 Å². The van der Waals surface area contributed by atoms with E-state index in [1.54, 1.807) is 18.2 Å². The third kappa shape index (κ3) is 5.32. The molecule has 0 unspecified atom stereocenters. The lowest BCUT2D eigenvalue weighted by Gasteiger charge is -2.07. The number of nitrogens with one attached hydrogen (secondary N) is 2. The molecule has 2 aromatic carbocycles. The normalized spacial score (nSPS) is 10.9. The number of amides is 2. The van der Waals surface area contributed by atoms with Crippen molar-refractivity contribution in [1.82, 2.24) is 25.3 Å². The van der Waals surface area contributed by atoms with Gasteiger partial charge >= 0.3 is 11.3 Å². The van der Waals surface area contributed by atoms with Gasteiger partial charge in [-0.2, -0.15) is 9.77 Å². The second kappa shape index (κ2) is 9.82. The van der Waals surface area contributed by atoms with Gasteiger partial charge in [-0.3, -0.25) is 20.4 Å². The zero-order chi connectivity index (χ0) is 25.3. The fourth-order valence-corrected chi connectivity index (χ4v) is 3.64. The van der Waals surface area contributed by atoms with Crippen LogP contribution in [0.5, 0.6) is 0 Å². The molecule has 0 saturated heterocycles. The molecular formula is C21H15Cl3N6O5. The molecule has 0 aliphatic heterocycles. The van der Waals surface area contributed by atoms with Gasteiger partial charge in [-0.25, -0.2) is 14.3 Å². The summed E-state index contributed by atoms with van der Waals surface area (Å²) in [5.41, 5.74) is 3.12. The SMILES string of the molecule is Nn1c(Cc2ccc(Cl)c(Cl)c2)nn(CC(=O)NNC(=O)c2cc3cc(Cl)ccc3oc2=O)c1=O. The van der Waals surface area contributed by atoms with E-state index in [1.807, 2.05) is 0 Å². The molecule has 4 aromatic rings. The van der Waals surface area contributed by atoms with Crippen molar-refractivity contribution >= 4 is 57.6 Å². The third-order valence-corrected chi connectivity index (χ3v) is 5.81.